The van der Waals surface area contributed by atoms with Crippen molar-refractivity contribution in [2.75, 3.05) is 0 Å². The van der Waals surface area contributed by atoms with Gasteiger partial charge in [0.2, 0.25) is 0 Å². The Hall–Kier alpha value is -1.86. The zero-order valence-corrected chi connectivity index (χ0v) is 15.6. The highest BCUT2D eigenvalue weighted by Crippen LogP contribution is 2.26. The summed E-state index contributed by atoms with van der Waals surface area (Å²) in [7, 11) is 3.34. The van der Waals surface area contributed by atoms with Crippen LogP contribution in [-0.2, 0) is 27.1 Å². The van der Waals surface area contributed by atoms with Gasteiger partial charge in [0, 0.05) is 38.1 Å². The van der Waals surface area contributed by atoms with Crippen LogP contribution in [0.2, 0.25) is 5.02 Å². The number of aryl methyl sites for hydroxylation is 1. The molecule has 0 N–H and O–H groups in total. The standard InChI is InChI=1S/C16H19ClN4O2S/c1-9(2)7-21-15-11(14(22)20(4)16(21)23)5-10(24-15)6-13-12(17)8-19(3)18-13/h5,8-9H,6-7H2,1-4H3. The van der Waals surface area contributed by atoms with E-state index >= 15 is 0 Å². The fourth-order valence-corrected chi connectivity index (χ4v) is 4.12. The molecule has 24 heavy (non-hydrogen) atoms. The van der Waals surface area contributed by atoms with Crippen molar-refractivity contribution in [3.05, 3.63) is 48.7 Å². The molecule has 0 radical (unpaired) electrons. The summed E-state index contributed by atoms with van der Waals surface area (Å²) < 4.78 is 4.53. The quantitative estimate of drug-likeness (QED) is 0.712. The Bertz CT molecular complexity index is 1030. The lowest BCUT2D eigenvalue weighted by atomic mass is 10.2. The summed E-state index contributed by atoms with van der Waals surface area (Å²) in [6.45, 7) is 4.67. The van der Waals surface area contributed by atoms with Crippen molar-refractivity contribution in [2.45, 2.75) is 26.8 Å². The lowest BCUT2D eigenvalue weighted by molar-refractivity contribution is 0.504. The summed E-state index contributed by atoms with van der Waals surface area (Å²) in [6, 6.07) is 1.85. The maximum absolute atomic E-state index is 12.5. The van der Waals surface area contributed by atoms with Gasteiger partial charge in [-0.25, -0.2) is 4.79 Å². The Morgan fingerprint density at radius 1 is 1.29 bits per heavy atom. The highest BCUT2D eigenvalue weighted by Gasteiger charge is 2.16. The average molecular weight is 367 g/mol. The zero-order valence-electron chi connectivity index (χ0n) is 14.0. The predicted octanol–water partition coefficient (Wildman–Crippen LogP) is 2.40. The SMILES string of the molecule is CC(C)Cn1c(=O)n(C)c(=O)c2cc(Cc3nn(C)cc3Cl)sc21. The van der Waals surface area contributed by atoms with E-state index in [4.69, 9.17) is 11.6 Å². The summed E-state index contributed by atoms with van der Waals surface area (Å²) in [5.41, 5.74) is 0.232. The van der Waals surface area contributed by atoms with Gasteiger partial charge in [0.1, 0.15) is 4.83 Å². The molecule has 0 saturated heterocycles. The highest BCUT2D eigenvalue weighted by atomic mass is 35.5. The fraction of sp³-hybridized carbons (Fsp3) is 0.438. The third kappa shape index (κ3) is 2.93. The second-order valence-electron chi connectivity index (χ2n) is 6.36. The van der Waals surface area contributed by atoms with E-state index in [-0.39, 0.29) is 11.2 Å². The fourth-order valence-electron chi connectivity index (χ4n) is 2.72. The molecule has 3 heterocycles. The van der Waals surface area contributed by atoms with Gasteiger partial charge in [0.25, 0.3) is 5.56 Å². The van der Waals surface area contributed by atoms with E-state index in [9.17, 15) is 9.59 Å². The number of rotatable bonds is 4. The summed E-state index contributed by atoms with van der Waals surface area (Å²) in [4.78, 5) is 26.6. The number of thiophene rings is 1. The minimum Gasteiger partial charge on any atom is -0.284 e. The summed E-state index contributed by atoms with van der Waals surface area (Å²) in [6.07, 6.45) is 2.29. The minimum atomic E-state index is -0.273. The van der Waals surface area contributed by atoms with Crippen molar-refractivity contribution in [1.82, 2.24) is 18.9 Å². The van der Waals surface area contributed by atoms with Crippen molar-refractivity contribution >= 4 is 33.2 Å². The Morgan fingerprint density at radius 2 is 2.00 bits per heavy atom. The number of fused-ring (bicyclic) bond motifs is 1. The molecule has 3 aromatic rings. The first-order valence-corrected chi connectivity index (χ1v) is 8.87. The highest BCUT2D eigenvalue weighted by molar-refractivity contribution is 7.18. The number of halogens is 1. The zero-order chi connectivity index (χ0) is 17.6. The summed E-state index contributed by atoms with van der Waals surface area (Å²) in [5, 5.41) is 5.52. The van der Waals surface area contributed by atoms with Crippen LogP contribution in [0.25, 0.3) is 10.2 Å². The first-order chi connectivity index (χ1) is 11.3. The summed E-state index contributed by atoms with van der Waals surface area (Å²) >= 11 is 7.63. The van der Waals surface area contributed by atoms with Gasteiger partial charge in [0.05, 0.1) is 16.1 Å². The van der Waals surface area contributed by atoms with E-state index in [1.165, 1.54) is 23.0 Å². The van der Waals surface area contributed by atoms with Crippen LogP contribution in [0, 0.1) is 5.92 Å². The van der Waals surface area contributed by atoms with Crippen molar-refractivity contribution in [1.29, 1.82) is 0 Å². The second-order valence-corrected chi connectivity index (χ2v) is 7.88. The molecule has 0 aliphatic rings. The van der Waals surface area contributed by atoms with Crippen LogP contribution in [0.4, 0.5) is 0 Å². The van der Waals surface area contributed by atoms with Crippen LogP contribution < -0.4 is 11.2 Å². The van der Waals surface area contributed by atoms with Crippen LogP contribution in [0.3, 0.4) is 0 Å². The van der Waals surface area contributed by atoms with E-state index in [1.54, 1.807) is 15.4 Å². The molecule has 0 aliphatic heterocycles. The maximum Gasteiger partial charge on any atom is 0.331 e. The van der Waals surface area contributed by atoms with E-state index in [0.29, 0.717) is 29.3 Å². The third-order valence-electron chi connectivity index (χ3n) is 3.81. The second kappa shape index (κ2) is 6.22. The van der Waals surface area contributed by atoms with Crippen LogP contribution >= 0.6 is 22.9 Å². The molecule has 0 saturated carbocycles. The molecule has 0 unspecified atom stereocenters. The monoisotopic (exact) mass is 366 g/mol. The third-order valence-corrected chi connectivity index (χ3v) is 5.28. The van der Waals surface area contributed by atoms with Gasteiger partial charge in [-0.1, -0.05) is 25.4 Å². The van der Waals surface area contributed by atoms with Crippen molar-refractivity contribution in [2.24, 2.45) is 20.0 Å². The maximum atomic E-state index is 12.5. The van der Waals surface area contributed by atoms with E-state index in [2.05, 4.69) is 5.10 Å². The molecule has 8 heteroatoms. The smallest absolute Gasteiger partial charge is 0.284 e. The van der Waals surface area contributed by atoms with Gasteiger partial charge in [-0.15, -0.1) is 11.3 Å². The van der Waals surface area contributed by atoms with Crippen molar-refractivity contribution in [3.63, 3.8) is 0 Å². The van der Waals surface area contributed by atoms with Gasteiger partial charge in [-0.3, -0.25) is 18.6 Å². The predicted molar refractivity (Wildman–Crippen MR) is 97.2 cm³/mol. The first-order valence-electron chi connectivity index (χ1n) is 7.68. The Kier molecular flexibility index (Phi) is 4.40. The van der Waals surface area contributed by atoms with Crippen molar-refractivity contribution in [3.8, 4) is 0 Å². The lowest BCUT2D eigenvalue weighted by Gasteiger charge is -2.11. The largest absolute Gasteiger partial charge is 0.331 e. The Morgan fingerprint density at radius 3 is 2.58 bits per heavy atom. The van der Waals surface area contributed by atoms with Gasteiger partial charge < -0.3 is 0 Å². The molecular formula is C16H19ClN4O2S. The van der Waals surface area contributed by atoms with E-state index in [1.807, 2.05) is 27.0 Å². The van der Waals surface area contributed by atoms with Gasteiger partial charge in [0.15, 0.2) is 0 Å². The summed E-state index contributed by atoms with van der Waals surface area (Å²) in [5.74, 6) is 0.305. The molecule has 128 valence electrons. The lowest BCUT2D eigenvalue weighted by Crippen LogP contribution is -2.38. The molecule has 3 rings (SSSR count). The van der Waals surface area contributed by atoms with Crippen LogP contribution in [0.15, 0.2) is 21.9 Å². The molecular weight excluding hydrogens is 348 g/mol. The molecule has 0 spiro atoms. The van der Waals surface area contributed by atoms with Gasteiger partial charge >= 0.3 is 5.69 Å². The van der Waals surface area contributed by atoms with Crippen LogP contribution in [0.5, 0.6) is 0 Å². The van der Waals surface area contributed by atoms with Crippen LogP contribution in [-0.4, -0.2) is 18.9 Å². The first kappa shape index (κ1) is 17.0. The number of hydrogen-bond donors (Lipinski definition) is 0. The van der Waals surface area contributed by atoms with Crippen molar-refractivity contribution < 1.29 is 0 Å². The van der Waals surface area contributed by atoms with Gasteiger partial charge in [-0.05, 0) is 12.0 Å². The number of aromatic nitrogens is 4. The molecule has 3 aromatic heterocycles. The van der Waals surface area contributed by atoms with Gasteiger partial charge in [-0.2, -0.15) is 5.10 Å². The average Bonchev–Trinajstić information content (AvgIpc) is 3.05. The number of nitrogens with zero attached hydrogens (tertiary/aromatic N) is 4. The molecule has 0 amide bonds. The van der Waals surface area contributed by atoms with E-state index < -0.39 is 0 Å². The molecule has 0 aliphatic carbocycles. The van der Waals surface area contributed by atoms with Crippen LogP contribution in [0.1, 0.15) is 24.4 Å². The molecule has 6 nitrogen and oxygen atoms in total. The molecule has 0 bridgehead atoms. The van der Waals surface area contributed by atoms with E-state index in [0.717, 1.165) is 15.4 Å². The Balaban J connectivity index is 2.16. The normalized spacial score (nSPS) is 11.8. The topological polar surface area (TPSA) is 61.8 Å². The minimum absolute atomic E-state index is 0.260. The Labute approximate surface area is 147 Å². The molecule has 0 atom stereocenters. The molecule has 0 fully saturated rings. The number of hydrogen-bond acceptors (Lipinski definition) is 4. The molecule has 0 aromatic carbocycles.